The van der Waals surface area contributed by atoms with Gasteiger partial charge in [0.2, 0.25) is 5.60 Å². The quantitative estimate of drug-likeness (QED) is 0.548. The van der Waals surface area contributed by atoms with E-state index in [9.17, 15) is 14.7 Å². The Kier molecular flexibility index (Phi) is 6.37. The van der Waals surface area contributed by atoms with Gasteiger partial charge in [0.25, 0.3) is 5.91 Å². The van der Waals surface area contributed by atoms with Crippen molar-refractivity contribution >= 4 is 11.9 Å². The van der Waals surface area contributed by atoms with Gasteiger partial charge in [0, 0.05) is 17.9 Å². The molecule has 1 saturated heterocycles. The molecule has 2 N–H and O–H groups in total. The summed E-state index contributed by atoms with van der Waals surface area (Å²) < 4.78 is 6.06. The fourth-order valence-corrected chi connectivity index (χ4v) is 5.15. The molecule has 3 rings (SSSR count). The van der Waals surface area contributed by atoms with Gasteiger partial charge >= 0.3 is 5.97 Å². The van der Waals surface area contributed by atoms with Gasteiger partial charge in [-0.2, -0.15) is 0 Å². The Labute approximate surface area is 174 Å². The predicted molar refractivity (Wildman–Crippen MR) is 113 cm³/mol. The van der Waals surface area contributed by atoms with E-state index in [1.165, 1.54) is 5.57 Å². The zero-order valence-corrected chi connectivity index (χ0v) is 18.2. The maximum atomic E-state index is 13.4. The first-order chi connectivity index (χ1) is 13.7. The van der Waals surface area contributed by atoms with Crippen molar-refractivity contribution in [2.45, 2.75) is 71.6 Å². The number of carbonyl (C=O) groups excluding carboxylic acids is 2. The van der Waals surface area contributed by atoms with Crippen molar-refractivity contribution in [2.75, 3.05) is 0 Å². The summed E-state index contributed by atoms with van der Waals surface area (Å²) in [4.78, 5) is 26.1. The second kappa shape index (κ2) is 8.47. The molecule has 2 heterocycles. The standard InChI is InChI=1S/C24H35NO4/c1-14(2)12-19-22-17(5)16(4)13-18-9-6-8-15(3)20(26)10-7-11-21(27)29-24(18,22)23(28)25-19/h6-7,9-10,13-15,17-20,22,26H,8,11-12H2,1-5H3,(H,25,28)/t15-,17+,18-,19-,20-,22-,24+/m0/s1. The highest BCUT2D eigenvalue weighted by molar-refractivity contribution is 5.92. The van der Waals surface area contributed by atoms with E-state index >= 15 is 0 Å². The van der Waals surface area contributed by atoms with Gasteiger partial charge in [0.15, 0.2) is 0 Å². The Hall–Kier alpha value is -1.88. The largest absolute Gasteiger partial charge is 0.447 e. The highest BCUT2D eigenvalue weighted by atomic mass is 16.6. The molecule has 29 heavy (non-hydrogen) atoms. The smallest absolute Gasteiger partial charge is 0.310 e. The molecule has 1 aliphatic carbocycles. The van der Waals surface area contributed by atoms with Crippen molar-refractivity contribution in [3.05, 3.63) is 36.0 Å². The summed E-state index contributed by atoms with van der Waals surface area (Å²) in [5, 5.41) is 13.4. The second-order valence-electron chi connectivity index (χ2n) is 9.49. The van der Waals surface area contributed by atoms with Crippen molar-refractivity contribution in [3.8, 4) is 0 Å². The lowest BCUT2D eigenvalue weighted by Gasteiger charge is -2.45. The van der Waals surface area contributed by atoms with Crippen LogP contribution in [-0.4, -0.2) is 34.7 Å². The number of allylic oxidation sites excluding steroid dienone is 2. The Balaban J connectivity index is 2.08. The zero-order chi connectivity index (χ0) is 21.3. The minimum absolute atomic E-state index is 0.0194. The molecule has 1 fully saturated rings. The third-order valence-electron chi connectivity index (χ3n) is 6.85. The first-order valence-electron chi connectivity index (χ1n) is 10.9. The number of carbonyl (C=O) groups is 2. The number of aliphatic hydroxyl groups excluding tert-OH is 1. The lowest BCUT2D eigenvalue weighted by atomic mass is 9.63. The van der Waals surface area contributed by atoms with E-state index in [0.717, 1.165) is 6.42 Å². The van der Waals surface area contributed by atoms with Crippen LogP contribution in [0.25, 0.3) is 0 Å². The molecule has 0 bridgehead atoms. The maximum absolute atomic E-state index is 13.4. The van der Waals surface area contributed by atoms with Crippen LogP contribution in [0.5, 0.6) is 0 Å². The summed E-state index contributed by atoms with van der Waals surface area (Å²) >= 11 is 0. The molecule has 2 aliphatic heterocycles. The molecule has 5 heteroatoms. The van der Waals surface area contributed by atoms with Crippen molar-refractivity contribution in [2.24, 2.45) is 29.6 Å². The van der Waals surface area contributed by atoms with E-state index in [4.69, 9.17) is 4.74 Å². The summed E-state index contributed by atoms with van der Waals surface area (Å²) in [6.45, 7) is 10.5. The molecule has 160 valence electrons. The van der Waals surface area contributed by atoms with E-state index in [-0.39, 0.29) is 42.0 Å². The molecule has 0 aromatic rings. The second-order valence-corrected chi connectivity index (χ2v) is 9.49. The number of esters is 1. The van der Waals surface area contributed by atoms with Crippen LogP contribution < -0.4 is 5.32 Å². The first kappa shape index (κ1) is 21.8. The normalized spacial score (nSPS) is 40.3. The van der Waals surface area contributed by atoms with Crippen LogP contribution in [0, 0.1) is 29.6 Å². The van der Waals surface area contributed by atoms with Crippen molar-refractivity contribution in [1.82, 2.24) is 5.32 Å². The van der Waals surface area contributed by atoms with Gasteiger partial charge in [-0.05, 0) is 37.5 Å². The number of nitrogens with one attached hydrogen (secondary N) is 1. The van der Waals surface area contributed by atoms with Crippen molar-refractivity contribution in [3.63, 3.8) is 0 Å². The lowest BCUT2D eigenvalue weighted by molar-refractivity contribution is -0.176. The Morgan fingerprint density at radius 2 is 1.97 bits per heavy atom. The van der Waals surface area contributed by atoms with E-state index in [1.54, 1.807) is 12.2 Å². The summed E-state index contributed by atoms with van der Waals surface area (Å²) in [6.07, 6.45) is 10.4. The van der Waals surface area contributed by atoms with Crippen LogP contribution >= 0.6 is 0 Å². The number of aliphatic hydroxyl groups is 1. The van der Waals surface area contributed by atoms with E-state index in [1.807, 2.05) is 19.1 Å². The van der Waals surface area contributed by atoms with Crippen LogP contribution in [-0.2, 0) is 14.3 Å². The molecule has 7 atom stereocenters. The van der Waals surface area contributed by atoms with Gasteiger partial charge in [-0.15, -0.1) is 0 Å². The third-order valence-corrected chi connectivity index (χ3v) is 6.85. The predicted octanol–water partition coefficient (Wildman–Crippen LogP) is 3.54. The lowest BCUT2D eigenvalue weighted by Crippen LogP contribution is -2.56. The molecule has 1 spiro atoms. The number of hydrogen-bond donors (Lipinski definition) is 2. The fourth-order valence-electron chi connectivity index (χ4n) is 5.15. The van der Waals surface area contributed by atoms with Crippen molar-refractivity contribution in [1.29, 1.82) is 0 Å². The van der Waals surface area contributed by atoms with Crippen LogP contribution in [0.3, 0.4) is 0 Å². The topological polar surface area (TPSA) is 75.6 Å². The number of rotatable bonds is 2. The van der Waals surface area contributed by atoms with Crippen LogP contribution in [0.4, 0.5) is 0 Å². The summed E-state index contributed by atoms with van der Waals surface area (Å²) in [5.41, 5.74) is 0.0164. The van der Waals surface area contributed by atoms with Crippen LogP contribution in [0.15, 0.2) is 36.0 Å². The van der Waals surface area contributed by atoms with Crippen molar-refractivity contribution < 1.29 is 19.4 Å². The molecule has 3 aliphatic rings. The molecule has 1 amide bonds. The molecule has 0 unspecified atom stereocenters. The Morgan fingerprint density at radius 3 is 2.66 bits per heavy atom. The van der Waals surface area contributed by atoms with E-state index < -0.39 is 17.7 Å². The van der Waals surface area contributed by atoms with Crippen LogP contribution in [0.2, 0.25) is 0 Å². The molecule has 0 aromatic heterocycles. The minimum Gasteiger partial charge on any atom is -0.447 e. The average Bonchev–Trinajstić information content (AvgIpc) is 2.90. The zero-order valence-electron chi connectivity index (χ0n) is 18.2. The highest BCUT2D eigenvalue weighted by Crippen LogP contribution is 2.50. The molecule has 0 radical (unpaired) electrons. The van der Waals surface area contributed by atoms with Gasteiger partial charge in [-0.3, -0.25) is 9.59 Å². The number of amides is 1. The number of hydrogen-bond acceptors (Lipinski definition) is 4. The van der Waals surface area contributed by atoms with Gasteiger partial charge < -0.3 is 15.2 Å². The first-order valence-corrected chi connectivity index (χ1v) is 10.9. The molecule has 0 aromatic carbocycles. The minimum atomic E-state index is -1.21. The SMILES string of the molecule is CC1=C[C@@H]2C=CC[C@H](C)[C@@H](O)C=CCC(=O)O[C@]23C(=O)N[C@@H](CC(C)C)[C@@H]3[C@@H]1C. The van der Waals surface area contributed by atoms with Gasteiger partial charge in [0.05, 0.1) is 12.5 Å². The Morgan fingerprint density at radius 1 is 1.24 bits per heavy atom. The molecular weight excluding hydrogens is 366 g/mol. The highest BCUT2D eigenvalue weighted by Gasteiger charge is 2.64. The van der Waals surface area contributed by atoms with Gasteiger partial charge in [0.1, 0.15) is 0 Å². The van der Waals surface area contributed by atoms with Crippen LogP contribution in [0.1, 0.15) is 53.9 Å². The fraction of sp³-hybridized carbons (Fsp3) is 0.667. The third kappa shape index (κ3) is 4.07. The average molecular weight is 402 g/mol. The Bertz CT molecular complexity index is 737. The monoisotopic (exact) mass is 401 g/mol. The summed E-state index contributed by atoms with van der Waals surface area (Å²) in [7, 11) is 0. The molecular formula is C24H35NO4. The molecule has 5 nitrogen and oxygen atoms in total. The van der Waals surface area contributed by atoms with Gasteiger partial charge in [-0.25, -0.2) is 0 Å². The number of ether oxygens (including phenoxy) is 1. The van der Waals surface area contributed by atoms with Gasteiger partial charge in [-0.1, -0.05) is 63.6 Å². The van der Waals surface area contributed by atoms with E-state index in [0.29, 0.717) is 12.3 Å². The molecule has 0 saturated carbocycles. The summed E-state index contributed by atoms with van der Waals surface area (Å²) in [5.74, 6) is -0.419. The summed E-state index contributed by atoms with van der Waals surface area (Å²) in [6, 6.07) is -0.0194. The maximum Gasteiger partial charge on any atom is 0.310 e. The van der Waals surface area contributed by atoms with E-state index in [2.05, 4.69) is 39.1 Å².